The van der Waals surface area contributed by atoms with Crippen LogP contribution >= 0.6 is 23.2 Å². The summed E-state index contributed by atoms with van der Waals surface area (Å²) in [5, 5.41) is 14.2. The van der Waals surface area contributed by atoms with Gasteiger partial charge in [-0.3, -0.25) is 0 Å². The van der Waals surface area contributed by atoms with E-state index in [0.717, 1.165) is 28.8 Å². The Hall–Kier alpha value is -1.51. The Kier molecular flexibility index (Phi) is 3.92. The van der Waals surface area contributed by atoms with Crippen LogP contribution in [0.2, 0.25) is 10.0 Å². The van der Waals surface area contributed by atoms with Crippen LogP contribution in [0, 0.1) is 5.41 Å². The molecule has 1 unspecified atom stereocenters. The van der Waals surface area contributed by atoms with Gasteiger partial charge in [0.15, 0.2) is 0 Å². The molecule has 0 bridgehead atoms. The first-order valence-corrected chi connectivity index (χ1v) is 7.96. The van der Waals surface area contributed by atoms with E-state index in [1.807, 2.05) is 36.4 Å². The molecule has 22 heavy (non-hydrogen) atoms. The van der Waals surface area contributed by atoms with E-state index >= 15 is 0 Å². The van der Waals surface area contributed by atoms with Crippen LogP contribution in [0.3, 0.4) is 0 Å². The summed E-state index contributed by atoms with van der Waals surface area (Å²) in [6, 6.07) is 13.9. The Morgan fingerprint density at radius 3 is 2.50 bits per heavy atom. The fourth-order valence-electron chi connectivity index (χ4n) is 3.31. The molecule has 0 aromatic heterocycles. The van der Waals surface area contributed by atoms with Crippen LogP contribution in [0.1, 0.15) is 42.9 Å². The van der Waals surface area contributed by atoms with Crippen LogP contribution in [0.4, 0.5) is 0 Å². The molecule has 0 saturated carbocycles. The SMILES string of the molecule is CC1(C)CC(c2ccc(Cl)c(Cl)c2)c2ccccc2C1=NO. The zero-order valence-corrected chi connectivity index (χ0v) is 14.0. The zero-order valence-electron chi connectivity index (χ0n) is 12.5. The standard InChI is InChI=1S/C18H17Cl2NO/c1-18(2)10-14(11-7-8-15(19)16(20)9-11)12-5-3-4-6-13(12)17(18)21-22/h3-9,14,22H,10H2,1-2H3. The molecule has 1 atom stereocenters. The summed E-state index contributed by atoms with van der Waals surface area (Å²) < 4.78 is 0. The van der Waals surface area contributed by atoms with E-state index in [9.17, 15) is 5.21 Å². The quantitative estimate of drug-likeness (QED) is 0.524. The van der Waals surface area contributed by atoms with E-state index in [2.05, 4.69) is 25.1 Å². The van der Waals surface area contributed by atoms with Crippen molar-refractivity contribution in [1.82, 2.24) is 0 Å². The lowest BCUT2D eigenvalue weighted by Crippen LogP contribution is -2.34. The van der Waals surface area contributed by atoms with E-state index in [-0.39, 0.29) is 11.3 Å². The lowest BCUT2D eigenvalue weighted by Gasteiger charge is -2.37. The molecule has 0 fully saturated rings. The van der Waals surface area contributed by atoms with Gasteiger partial charge in [-0.05, 0) is 29.7 Å². The van der Waals surface area contributed by atoms with Crippen molar-refractivity contribution < 1.29 is 5.21 Å². The van der Waals surface area contributed by atoms with Gasteiger partial charge in [0.05, 0.1) is 15.8 Å². The van der Waals surface area contributed by atoms with E-state index in [1.54, 1.807) is 0 Å². The molecular formula is C18H17Cl2NO. The first-order valence-electron chi connectivity index (χ1n) is 7.21. The molecule has 1 N–H and O–H groups in total. The molecule has 0 heterocycles. The Bertz CT molecular complexity index is 753. The fourth-order valence-corrected chi connectivity index (χ4v) is 3.62. The van der Waals surface area contributed by atoms with Crippen LogP contribution < -0.4 is 0 Å². The van der Waals surface area contributed by atoms with Crippen molar-refractivity contribution in [3.05, 3.63) is 69.2 Å². The van der Waals surface area contributed by atoms with Crippen LogP contribution in [0.25, 0.3) is 0 Å². The van der Waals surface area contributed by atoms with E-state index in [4.69, 9.17) is 23.2 Å². The highest BCUT2D eigenvalue weighted by Crippen LogP contribution is 2.46. The molecule has 114 valence electrons. The normalized spacial score (nSPS) is 21.6. The Morgan fingerprint density at radius 2 is 1.82 bits per heavy atom. The summed E-state index contributed by atoms with van der Waals surface area (Å²) >= 11 is 12.2. The van der Waals surface area contributed by atoms with Crippen LogP contribution in [0.15, 0.2) is 47.6 Å². The molecule has 2 aromatic rings. The van der Waals surface area contributed by atoms with Gasteiger partial charge >= 0.3 is 0 Å². The lowest BCUT2D eigenvalue weighted by molar-refractivity contribution is 0.304. The summed E-state index contributed by atoms with van der Waals surface area (Å²) in [7, 11) is 0. The largest absolute Gasteiger partial charge is 0.411 e. The summed E-state index contributed by atoms with van der Waals surface area (Å²) in [6.07, 6.45) is 0.849. The molecule has 2 aromatic carbocycles. The zero-order chi connectivity index (χ0) is 15.9. The summed E-state index contributed by atoms with van der Waals surface area (Å²) in [6.45, 7) is 4.20. The van der Waals surface area contributed by atoms with Gasteiger partial charge in [0.2, 0.25) is 0 Å². The molecule has 2 nitrogen and oxygen atoms in total. The summed E-state index contributed by atoms with van der Waals surface area (Å²) in [4.78, 5) is 0. The van der Waals surface area contributed by atoms with Crippen molar-refractivity contribution in [2.75, 3.05) is 0 Å². The fraction of sp³-hybridized carbons (Fsp3) is 0.278. The molecule has 1 aliphatic carbocycles. The number of benzene rings is 2. The van der Waals surface area contributed by atoms with Gasteiger partial charge in [-0.25, -0.2) is 0 Å². The third kappa shape index (κ3) is 2.51. The number of hydrogen-bond donors (Lipinski definition) is 1. The molecule has 3 rings (SSSR count). The maximum atomic E-state index is 9.46. The maximum absolute atomic E-state index is 9.46. The Morgan fingerprint density at radius 1 is 1.09 bits per heavy atom. The van der Waals surface area contributed by atoms with Gasteiger partial charge < -0.3 is 5.21 Å². The van der Waals surface area contributed by atoms with E-state index in [0.29, 0.717) is 10.0 Å². The van der Waals surface area contributed by atoms with Crippen molar-refractivity contribution in [3.63, 3.8) is 0 Å². The molecule has 0 saturated heterocycles. The predicted molar refractivity (Wildman–Crippen MR) is 91.5 cm³/mol. The topological polar surface area (TPSA) is 32.6 Å². The van der Waals surface area contributed by atoms with Crippen molar-refractivity contribution in [2.45, 2.75) is 26.2 Å². The summed E-state index contributed by atoms with van der Waals surface area (Å²) in [5.74, 6) is 0.200. The minimum atomic E-state index is -0.222. The second-order valence-corrected chi connectivity index (χ2v) is 7.16. The Balaban J connectivity index is 2.18. The van der Waals surface area contributed by atoms with Gasteiger partial charge in [0.25, 0.3) is 0 Å². The molecule has 0 spiro atoms. The highest BCUT2D eigenvalue weighted by atomic mass is 35.5. The number of halogens is 2. The number of hydrogen-bond acceptors (Lipinski definition) is 2. The minimum absolute atomic E-state index is 0.200. The number of nitrogens with zero attached hydrogens (tertiary/aromatic N) is 1. The molecule has 4 heteroatoms. The van der Waals surface area contributed by atoms with E-state index < -0.39 is 0 Å². The third-order valence-electron chi connectivity index (χ3n) is 4.39. The first-order chi connectivity index (χ1) is 10.4. The molecule has 0 radical (unpaired) electrons. The lowest BCUT2D eigenvalue weighted by atomic mass is 9.66. The number of rotatable bonds is 1. The molecule has 0 amide bonds. The van der Waals surface area contributed by atoms with Gasteiger partial charge in [0, 0.05) is 16.9 Å². The van der Waals surface area contributed by atoms with Crippen molar-refractivity contribution in [2.24, 2.45) is 10.6 Å². The van der Waals surface area contributed by atoms with Crippen molar-refractivity contribution in [3.8, 4) is 0 Å². The van der Waals surface area contributed by atoms with Crippen molar-refractivity contribution >= 4 is 28.9 Å². The molecule has 0 aliphatic heterocycles. The van der Waals surface area contributed by atoms with Crippen LogP contribution in [-0.2, 0) is 0 Å². The van der Waals surface area contributed by atoms with Crippen molar-refractivity contribution in [1.29, 1.82) is 0 Å². The van der Waals surface area contributed by atoms with E-state index in [1.165, 1.54) is 0 Å². The van der Waals surface area contributed by atoms with Gasteiger partial charge in [-0.1, -0.05) is 72.5 Å². The monoisotopic (exact) mass is 333 g/mol. The Labute approximate surface area is 140 Å². The van der Waals surface area contributed by atoms with Gasteiger partial charge in [-0.15, -0.1) is 0 Å². The second kappa shape index (κ2) is 5.60. The average molecular weight is 334 g/mol. The first kappa shape index (κ1) is 15.4. The van der Waals surface area contributed by atoms with Crippen LogP contribution in [0.5, 0.6) is 0 Å². The number of oxime groups is 1. The average Bonchev–Trinajstić information content (AvgIpc) is 2.49. The molecule has 1 aliphatic rings. The van der Waals surface area contributed by atoms with Crippen LogP contribution in [-0.4, -0.2) is 10.9 Å². The molecular weight excluding hydrogens is 317 g/mol. The predicted octanol–water partition coefficient (Wildman–Crippen LogP) is 5.73. The second-order valence-electron chi connectivity index (χ2n) is 6.35. The van der Waals surface area contributed by atoms with Gasteiger partial charge in [-0.2, -0.15) is 0 Å². The highest BCUT2D eigenvalue weighted by molar-refractivity contribution is 6.42. The highest BCUT2D eigenvalue weighted by Gasteiger charge is 2.38. The summed E-state index contributed by atoms with van der Waals surface area (Å²) in [5.41, 5.74) is 3.80. The third-order valence-corrected chi connectivity index (χ3v) is 5.13. The minimum Gasteiger partial charge on any atom is -0.411 e. The maximum Gasteiger partial charge on any atom is 0.0927 e. The van der Waals surface area contributed by atoms with Gasteiger partial charge in [0.1, 0.15) is 0 Å². The number of fused-ring (bicyclic) bond motifs is 1. The smallest absolute Gasteiger partial charge is 0.0927 e.